The molecule has 0 saturated carbocycles. The number of hydrogen-bond donors (Lipinski definition) is 1. The second-order valence-electron chi connectivity index (χ2n) is 4.13. The minimum atomic E-state index is 0.00174. The number of amides is 1. The number of rotatable bonds is 2. The quantitative estimate of drug-likeness (QED) is 0.815. The van der Waals surface area contributed by atoms with E-state index >= 15 is 0 Å². The number of nitrogens with one attached hydrogen (secondary N) is 1. The average Bonchev–Trinajstić information content (AvgIpc) is 2.72. The van der Waals surface area contributed by atoms with Gasteiger partial charge in [0, 0.05) is 18.7 Å². The molecule has 90 valence electrons. The van der Waals surface area contributed by atoms with Gasteiger partial charge in [-0.15, -0.1) is 0 Å². The normalized spacial score (nSPS) is 13.4. The molecule has 0 atom stereocenters. The van der Waals surface area contributed by atoms with Crippen LogP contribution in [0.1, 0.15) is 25.3 Å². The minimum absolute atomic E-state index is 0.00174. The summed E-state index contributed by atoms with van der Waals surface area (Å²) in [7, 11) is 0. The predicted molar refractivity (Wildman–Crippen MR) is 73.1 cm³/mol. The molecule has 1 N–H and O–H groups in total. The van der Waals surface area contributed by atoms with Crippen LogP contribution in [0.5, 0.6) is 0 Å². The molecule has 1 aromatic carbocycles. The Morgan fingerprint density at radius 2 is 2.24 bits per heavy atom. The van der Waals surface area contributed by atoms with E-state index in [-0.39, 0.29) is 5.91 Å². The zero-order valence-corrected chi connectivity index (χ0v) is 10.7. The number of thiocarbonyl (C=S) groups is 1. The second kappa shape index (κ2) is 5.27. The first kappa shape index (κ1) is 12.0. The third kappa shape index (κ3) is 2.64. The van der Waals surface area contributed by atoms with Crippen LogP contribution in [-0.2, 0) is 11.2 Å². The van der Waals surface area contributed by atoms with Crippen molar-refractivity contribution in [1.82, 2.24) is 5.32 Å². The fourth-order valence-corrected chi connectivity index (χ4v) is 2.33. The number of benzene rings is 1. The SMILES string of the molecule is CCCC(=O)NC(=S)N1CCc2ccccc21. The summed E-state index contributed by atoms with van der Waals surface area (Å²) in [6.45, 7) is 2.83. The van der Waals surface area contributed by atoms with E-state index in [0.29, 0.717) is 11.5 Å². The Bertz CT molecular complexity index is 445. The highest BCUT2D eigenvalue weighted by molar-refractivity contribution is 7.80. The first-order chi connectivity index (χ1) is 8.22. The molecule has 1 aromatic rings. The van der Waals surface area contributed by atoms with Gasteiger partial charge in [0.1, 0.15) is 0 Å². The zero-order valence-electron chi connectivity index (χ0n) is 9.90. The molecule has 0 aliphatic carbocycles. The Kier molecular flexibility index (Phi) is 3.74. The van der Waals surface area contributed by atoms with Crippen LogP contribution in [0.25, 0.3) is 0 Å². The van der Waals surface area contributed by atoms with Crippen molar-refractivity contribution in [3.05, 3.63) is 29.8 Å². The van der Waals surface area contributed by atoms with Crippen molar-refractivity contribution in [2.45, 2.75) is 26.2 Å². The second-order valence-corrected chi connectivity index (χ2v) is 4.52. The molecule has 3 nitrogen and oxygen atoms in total. The molecule has 0 fully saturated rings. The van der Waals surface area contributed by atoms with E-state index in [2.05, 4.69) is 11.4 Å². The van der Waals surface area contributed by atoms with Crippen molar-refractivity contribution >= 4 is 28.9 Å². The van der Waals surface area contributed by atoms with Gasteiger partial charge in [0.25, 0.3) is 0 Å². The maximum atomic E-state index is 11.5. The number of fused-ring (bicyclic) bond motifs is 1. The Morgan fingerprint density at radius 1 is 1.47 bits per heavy atom. The molecule has 17 heavy (non-hydrogen) atoms. The van der Waals surface area contributed by atoms with Crippen LogP contribution < -0.4 is 10.2 Å². The van der Waals surface area contributed by atoms with Crippen molar-refractivity contribution < 1.29 is 4.79 Å². The summed E-state index contributed by atoms with van der Waals surface area (Å²) in [6.07, 6.45) is 2.35. The molecule has 0 aromatic heterocycles. The van der Waals surface area contributed by atoms with Gasteiger partial charge in [-0.1, -0.05) is 25.1 Å². The van der Waals surface area contributed by atoms with Gasteiger partial charge in [-0.2, -0.15) is 0 Å². The molecule has 1 aliphatic rings. The summed E-state index contributed by atoms with van der Waals surface area (Å²) >= 11 is 5.27. The van der Waals surface area contributed by atoms with E-state index in [1.165, 1.54) is 5.56 Å². The molecule has 0 spiro atoms. The third-order valence-corrected chi connectivity index (χ3v) is 3.18. The van der Waals surface area contributed by atoms with Crippen molar-refractivity contribution in [1.29, 1.82) is 0 Å². The van der Waals surface area contributed by atoms with Crippen LogP contribution in [0.3, 0.4) is 0 Å². The molecule has 0 unspecified atom stereocenters. The summed E-state index contributed by atoms with van der Waals surface area (Å²) in [4.78, 5) is 13.5. The van der Waals surface area contributed by atoms with Crippen LogP contribution >= 0.6 is 12.2 Å². The highest BCUT2D eigenvalue weighted by Crippen LogP contribution is 2.27. The van der Waals surface area contributed by atoms with Crippen molar-refractivity contribution in [2.24, 2.45) is 0 Å². The van der Waals surface area contributed by atoms with E-state index in [0.717, 1.165) is 25.1 Å². The van der Waals surface area contributed by atoms with E-state index in [9.17, 15) is 4.79 Å². The fourth-order valence-electron chi connectivity index (χ4n) is 2.03. The number of nitrogens with zero attached hydrogens (tertiary/aromatic N) is 1. The summed E-state index contributed by atoms with van der Waals surface area (Å²) in [5, 5.41) is 3.30. The van der Waals surface area contributed by atoms with Gasteiger partial charge >= 0.3 is 0 Å². The Morgan fingerprint density at radius 3 is 3.00 bits per heavy atom. The topological polar surface area (TPSA) is 32.3 Å². The van der Waals surface area contributed by atoms with Gasteiger partial charge < -0.3 is 10.2 Å². The van der Waals surface area contributed by atoms with E-state index in [1.54, 1.807) is 0 Å². The van der Waals surface area contributed by atoms with Crippen molar-refractivity contribution in [3.63, 3.8) is 0 Å². The molecule has 0 bridgehead atoms. The van der Waals surface area contributed by atoms with Gasteiger partial charge in [-0.3, -0.25) is 4.79 Å². The maximum Gasteiger partial charge on any atom is 0.226 e. The molecular formula is C13H16N2OS. The Balaban J connectivity index is 2.05. The predicted octanol–water partition coefficient (Wildman–Crippen LogP) is 2.25. The van der Waals surface area contributed by atoms with Gasteiger partial charge in [0.05, 0.1) is 0 Å². The van der Waals surface area contributed by atoms with Crippen LogP contribution in [-0.4, -0.2) is 17.6 Å². The monoisotopic (exact) mass is 248 g/mol. The van der Waals surface area contributed by atoms with E-state index < -0.39 is 0 Å². The van der Waals surface area contributed by atoms with Crippen molar-refractivity contribution in [3.8, 4) is 0 Å². The minimum Gasteiger partial charge on any atom is -0.318 e. The number of para-hydroxylation sites is 1. The summed E-state index contributed by atoms with van der Waals surface area (Å²) in [6, 6.07) is 8.17. The molecular weight excluding hydrogens is 232 g/mol. The lowest BCUT2D eigenvalue weighted by atomic mass is 10.2. The molecule has 1 amide bonds. The van der Waals surface area contributed by atoms with E-state index in [1.807, 2.05) is 30.0 Å². The number of hydrogen-bond acceptors (Lipinski definition) is 2. The summed E-state index contributed by atoms with van der Waals surface area (Å²) in [5.74, 6) is 0.00174. The molecule has 4 heteroatoms. The van der Waals surface area contributed by atoms with Crippen molar-refractivity contribution in [2.75, 3.05) is 11.4 Å². The Labute approximate surface area is 107 Å². The van der Waals surface area contributed by atoms with E-state index in [4.69, 9.17) is 12.2 Å². The third-order valence-electron chi connectivity index (χ3n) is 2.86. The van der Waals surface area contributed by atoms with Crippen LogP contribution in [0.4, 0.5) is 5.69 Å². The smallest absolute Gasteiger partial charge is 0.226 e. The molecule has 0 radical (unpaired) electrons. The van der Waals surface area contributed by atoms with Crippen LogP contribution in [0, 0.1) is 0 Å². The first-order valence-corrected chi connectivity index (χ1v) is 6.32. The van der Waals surface area contributed by atoms with Gasteiger partial charge in [-0.05, 0) is 36.7 Å². The molecule has 0 saturated heterocycles. The lowest BCUT2D eigenvalue weighted by molar-refractivity contribution is -0.119. The Hall–Kier alpha value is -1.42. The number of anilines is 1. The van der Waals surface area contributed by atoms with Crippen LogP contribution in [0.15, 0.2) is 24.3 Å². The van der Waals surface area contributed by atoms with Gasteiger partial charge in [0.2, 0.25) is 5.91 Å². The first-order valence-electron chi connectivity index (χ1n) is 5.91. The lowest BCUT2D eigenvalue weighted by Crippen LogP contribution is -2.41. The summed E-state index contributed by atoms with van der Waals surface area (Å²) in [5.41, 5.74) is 2.41. The molecule has 2 rings (SSSR count). The van der Waals surface area contributed by atoms with Gasteiger partial charge in [-0.25, -0.2) is 0 Å². The molecule has 1 aliphatic heterocycles. The highest BCUT2D eigenvalue weighted by Gasteiger charge is 2.22. The average molecular weight is 248 g/mol. The summed E-state index contributed by atoms with van der Waals surface area (Å²) < 4.78 is 0. The number of carbonyl (C=O) groups is 1. The lowest BCUT2D eigenvalue weighted by Gasteiger charge is -2.20. The zero-order chi connectivity index (χ0) is 12.3. The largest absolute Gasteiger partial charge is 0.318 e. The van der Waals surface area contributed by atoms with Crippen LogP contribution in [0.2, 0.25) is 0 Å². The highest BCUT2D eigenvalue weighted by atomic mass is 32.1. The van der Waals surface area contributed by atoms with Gasteiger partial charge in [0.15, 0.2) is 5.11 Å². The fraction of sp³-hybridized carbons (Fsp3) is 0.385. The standard InChI is InChI=1S/C13H16N2OS/c1-2-5-12(16)14-13(17)15-9-8-10-6-3-4-7-11(10)15/h3-4,6-7H,2,5,8-9H2,1H3,(H,14,16,17). The maximum absolute atomic E-state index is 11.5. The molecule has 1 heterocycles. The number of carbonyl (C=O) groups excluding carboxylic acids is 1.